The Bertz CT molecular complexity index is 319. The summed E-state index contributed by atoms with van der Waals surface area (Å²) in [7, 11) is 0. The molecule has 1 rings (SSSR count). The van der Waals surface area contributed by atoms with Gasteiger partial charge in [-0.25, -0.2) is 0 Å². The molecule has 3 nitrogen and oxygen atoms in total. The van der Waals surface area contributed by atoms with Crippen molar-refractivity contribution in [1.29, 1.82) is 0 Å². The first kappa shape index (κ1) is 14.0. The number of aliphatic hydroxyl groups is 1. The van der Waals surface area contributed by atoms with Crippen molar-refractivity contribution in [3.05, 3.63) is 29.8 Å². The van der Waals surface area contributed by atoms with Crippen molar-refractivity contribution in [2.75, 3.05) is 19.7 Å². The fourth-order valence-corrected chi connectivity index (χ4v) is 1.60. The first-order valence-corrected chi connectivity index (χ1v) is 6.26. The summed E-state index contributed by atoms with van der Waals surface area (Å²) < 4.78 is 5.51. The van der Waals surface area contributed by atoms with Crippen LogP contribution in [0.1, 0.15) is 32.8 Å². The van der Waals surface area contributed by atoms with Gasteiger partial charge in [-0.3, -0.25) is 0 Å². The number of hydrogen-bond acceptors (Lipinski definition) is 3. The molecule has 0 heterocycles. The van der Waals surface area contributed by atoms with Gasteiger partial charge in [0.2, 0.25) is 0 Å². The predicted molar refractivity (Wildman–Crippen MR) is 70.3 cm³/mol. The standard InChI is InChI=1S/C14H23NO2/c1-4-10-17-13-8-6-12(7-9-13)14(3,16)11-15-5-2/h6-9,15-16H,4-5,10-11H2,1-3H3. The van der Waals surface area contributed by atoms with E-state index < -0.39 is 5.60 Å². The molecule has 1 unspecified atom stereocenters. The summed E-state index contributed by atoms with van der Waals surface area (Å²) in [4.78, 5) is 0. The molecule has 0 aliphatic heterocycles. The second-order valence-electron chi connectivity index (χ2n) is 4.43. The Kier molecular flexibility index (Phi) is 5.45. The average molecular weight is 237 g/mol. The van der Waals surface area contributed by atoms with Gasteiger partial charge in [0.25, 0.3) is 0 Å². The van der Waals surface area contributed by atoms with Crippen molar-refractivity contribution in [3.8, 4) is 5.75 Å². The van der Waals surface area contributed by atoms with Gasteiger partial charge >= 0.3 is 0 Å². The van der Waals surface area contributed by atoms with Gasteiger partial charge in [0.05, 0.1) is 12.2 Å². The summed E-state index contributed by atoms with van der Waals surface area (Å²) in [6.45, 7) is 8.06. The summed E-state index contributed by atoms with van der Waals surface area (Å²) >= 11 is 0. The quantitative estimate of drug-likeness (QED) is 0.764. The molecular weight excluding hydrogens is 214 g/mol. The lowest BCUT2D eigenvalue weighted by Gasteiger charge is -2.24. The van der Waals surface area contributed by atoms with E-state index in [9.17, 15) is 5.11 Å². The van der Waals surface area contributed by atoms with Gasteiger partial charge in [-0.2, -0.15) is 0 Å². The fraction of sp³-hybridized carbons (Fsp3) is 0.571. The molecular formula is C14H23NO2. The van der Waals surface area contributed by atoms with Crippen LogP contribution in [0.15, 0.2) is 24.3 Å². The van der Waals surface area contributed by atoms with Gasteiger partial charge in [0.15, 0.2) is 0 Å². The van der Waals surface area contributed by atoms with Gasteiger partial charge in [-0.15, -0.1) is 0 Å². The van der Waals surface area contributed by atoms with Crippen LogP contribution in [-0.4, -0.2) is 24.8 Å². The lowest BCUT2D eigenvalue weighted by atomic mass is 9.96. The molecule has 0 aliphatic rings. The highest BCUT2D eigenvalue weighted by Gasteiger charge is 2.21. The molecule has 0 fully saturated rings. The molecule has 2 N–H and O–H groups in total. The van der Waals surface area contributed by atoms with Crippen LogP contribution in [0.2, 0.25) is 0 Å². The van der Waals surface area contributed by atoms with Gasteiger partial charge in [0, 0.05) is 6.54 Å². The monoisotopic (exact) mass is 237 g/mol. The highest BCUT2D eigenvalue weighted by molar-refractivity contribution is 5.30. The van der Waals surface area contributed by atoms with Crippen LogP contribution in [0.25, 0.3) is 0 Å². The molecule has 0 amide bonds. The van der Waals surface area contributed by atoms with Crippen LogP contribution in [0, 0.1) is 0 Å². The number of rotatable bonds is 7. The average Bonchev–Trinajstić information content (AvgIpc) is 2.34. The molecule has 0 aromatic heterocycles. The van der Waals surface area contributed by atoms with E-state index >= 15 is 0 Å². The molecule has 17 heavy (non-hydrogen) atoms. The molecule has 1 aromatic rings. The van der Waals surface area contributed by atoms with Crippen LogP contribution >= 0.6 is 0 Å². The van der Waals surface area contributed by atoms with Crippen molar-refractivity contribution in [2.45, 2.75) is 32.8 Å². The Balaban J connectivity index is 2.65. The number of ether oxygens (including phenoxy) is 1. The van der Waals surface area contributed by atoms with Crippen molar-refractivity contribution < 1.29 is 9.84 Å². The maximum atomic E-state index is 10.3. The second-order valence-corrected chi connectivity index (χ2v) is 4.43. The fourth-order valence-electron chi connectivity index (χ4n) is 1.60. The number of likely N-dealkylation sites (N-methyl/N-ethyl adjacent to an activating group) is 1. The van der Waals surface area contributed by atoms with Crippen LogP contribution in [0.5, 0.6) is 5.75 Å². The zero-order valence-corrected chi connectivity index (χ0v) is 11.0. The Morgan fingerprint density at radius 1 is 1.24 bits per heavy atom. The molecule has 1 atom stereocenters. The van der Waals surface area contributed by atoms with Crippen molar-refractivity contribution in [2.24, 2.45) is 0 Å². The Labute approximate surface area is 104 Å². The number of nitrogens with one attached hydrogen (secondary N) is 1. The molecule has 96 valence electrons. The van der Waals surface area contributed by atoms with E-state index in [0.717, 1.165) is 30.9 Å². The largest absolute Gasteiger partial charge is 0.494 e. The lowest BCUT2D eigenvalue weighted by Crippen LogP contribution is -2.35. The van der Waals surface area contributed by atoms with Crippen molar-refractivity contribution in [3.63, 3.8) is 0 Å². The summed E-state index contributed by atoms with van der Waals surface area (Å²) in [6, 6.07) is 7.65. The van der Waals surface area contributed by atoms with Gasteiger partial charge in [-0.1, -0.05) is 26.0 Å². The maximum absolute atomic E-state index is 10.3. The highest BCUT2D eigenvalue weighted by Crippen LogP contribution is 2.22. The summed E-state index contributed by atoms with van der Waals surface area (Å²) in [5.41, 5.74) is 0.0709. The predicted octanol–water partition coefficient (Wildman–Crippen LogP) is 2.29. The topological polar surface area (TPSA) is 41.5 Å². The Morgan fingerprint density at radius 3 is 2.41 bits per heavy atom. The third kappa shape index (κ3) is 4.36. The molecule has 0 bridgehead atoms. The van der Waals surface area contributed by atoms with Crippen LogP contribution < -0.4 is 10.1 Å². The van der Waals surface area contributed by atoms with E-state index in [2.05, 4.69) is 12.2 Å². The van der Waals surface area contributed by atoms with Crippen molar-refractivity contribution >= 4 is 0 Å². The summed E-state index contributed by atoms with van der Waals surface area (Å²) in [5.74, 6) is 0.856. The van der Waals surface area contributed by atoms with Gasteiger partial charge < -0.3 is 15.2 Å². The minimum atomic E-state index is -0.834. The lowest BCUT2D eigenvalue weighted by molar-refractivity contribution is 0.0575. The summed E-state index contributed by atoms with van der Waals surface area (Å²) in [5, 5.41) is 13.4. The zero-order valence-electron chi connectivity index (χ0n) is 11.0. The highest BCUT2D eigenvalue weighted by atomic mass is 16.5. The zero-order chi connectivity index (χ0) is 12.7. The molecule has 0 saturated carbocycles. The Morgan fingerprint density at radius 2 is 1.88 bits per heavy atom. The van der Waals surface area contributed by atoms with Gasteiger partial charge in [-0.05, 0) is 37.6 Å². The minimum Gasteiger partial charge on any atom is -0.494 e. The van der Waals surface area contributed by atoms with E-state index in [1.165, 1.54) is 0 Å². The van der Waals surface area contributed by atoms with Crippen LogP contribution in [0.4, 0.5) is 0 Å². The maximum Gasteiger partial charge on any atom is 0.119 e. The SMILES string of the molecule is CCCOc1ccc(C(C)(O)CNCC)cc1. The molecule has 0 aliphatic carbocycles. The number of benzene rings is 1. The third-order valence-corrected chi connectivity index (χ3v) is 2.67. The molecule has 3 heteroatoms. The van der Waals surface area contributed by atoms with Gasteiger partial charge in [0.1, 0.15) is 5.75 Å². The minimum absolute atomic E-state index is 0.554. The first-order chi connectivity index (χ1) is 8.10. The van der Waals surface area contributed by atoms with E-state index in [4.69, 9.17) is 4.74 Å². The van der Waals surface area contributed by atoms with Crippen LogP contribution in [-0.2, 0) is 5.60 Å². The van der Waals surface area contributed by atoms with Crippen molar-refractivity contribution in [1.82, 2.24) is 5.32 Å². The third-order valence-electron chi connectivity index (χ3n) is 2.67. The normalized spacial score (nSPS) is 14.4. The molecule has 0 saturated heterocycles. The van der Waals surface area contributed by atoms with Crippen LogP contribution in [0.3, 0.4) is 0 Å². The smallest absolute Gasteiger partial charge is 0.119 e. The second kappa shape index (κ2) is 6.62. The Hall–Kier alpha value is -1.06. The number of hydrogen-bond donors (Lipinski definition) is 2. The molecule has 0 radical (unpaired) electrons. The van der Waals surface area contributed by atoms with E-state index in [1.54, 1.807) is 0 Å². The molecule has 0 spiro atoms. The van der Waals surface area contributed by atoms with E-state index in [-0.39, 0.29) is 0 Å². The first-order valence-electron chi connectivity index (χ1n) is 6.26. The molecule has 1 aromatic carbocycles. The van der Waals surface area contributed by atoms with E-state index in [1.807, 2.05) is 38.1 Å². The van der Waals surface area contributed by atoms with E-state index in [0.29, 0.717) is 6.54 Å². The summed E-state index contributed by atoms with van der Waals surface area (Å²) in [6.07, 6.45) is 1.000.